The highest BCUT2D eigenvalue weighted by molar-refractivity contribution is 7.89. The topological polar surface area (TPSA) is 111 Å². The highest BCUT2D eigenvalue weighted by Gasteiger charge is 2.22. The van der Waals surface area contributed by atoms with E-state index in [0.29, 0.717) is 23.6 Å². The van der Waals surface area contributed by atoms with Crippen LogP contribution in [0.25, 0.3) is 0 Å². The number of carbonyl (C=O) groups excluding carboxylic acids is 2. The molecule has 0 heterocycles. The summed E-state index contributed by atoms with van der Waals surface area (Å²) in [4.78, 5) is 24.3. The minimum absolute atomic E-state index is 0.0221. The van der Waals surface area contributed by atoms with Crippen LogP contribution in [0.1, 0.15) is 37.0 Å². The zero-order valence-electron chi connectivity index (χ0n) is 17.2. The van der Waals surface area contributed by atoms with Crippen molar-refractivity contribution in [2.75, 3.05) is 19.0 Å². The molecule has 0 aliphatic carbocycles. The van der Waals surface area contributed by atoms with Gasteiger partial charge in [0.25, 0.3) is 0 Å². The summed E-state index contributed by atoms with van der Waals surface area (Å²) < 4.78 is 37.4. The summed E-state index contributed by atoms with van der Waals surface area (Å²) in [7, 11) is -2.40. The van der Waals surface area contributed by atoms with E-state index in [4.69, 9.17) is 9.47 Å². The zero-order chi connectivity index (χ0) is 22.1. The van der Waals surface area contributed by atoms with Crippen LogP contribution in [0.4, 0.5) is 5.69 Å². The van der Waals surface area contributed by atoms with Crippen LogP contribution in [-0.4, -0.2) is 40.1 Å². The van der Waals surface area contributed by atoms with Gasteiger partial charge < -0.3 is 14.8 Å². The maximum Gasteiger partial charge on any atom is 0.338 e. The van der Waals surface area contributed by atoms with E-state index in [0.717, 1.165) is 12.8 Å². The Bertz CT molecular complexity index is 956. The lowest BCUT2D eigenvalue weighted by Crippen LogP contribution is -2.41. The largest absolute Gasteiger partial charge is 0.497 e. The van der Waals surface area contributed by atoms with Gasteiger partial charge >= 0.3 is 5.97 Å². The van der Waals surface area contributed by atoms with Crippen molar-refractivity contribution in [1.82, 2.24) is 4.72 Å². The molecular weight excluding hydrogens is 408 g/mol. The lowest BCUT2D eigenvalue weighted by Gasteiger charge is -2.15. The number of carbonyl (C=O) groups is 2. The van der Waals surface area contributed by atoms with Gasteiger partial charge in [-0.1, -0.05) is 13.3 Å². The molecular formula is C21H26N2O6S. The van der Waals surface area contributed by atoms with Gasteiger partial charge in [0.05, 0.1) is 30.2 Å². The Labute approximate surface area is 176 Å². The monoisotopic (exact) mass is 434 g/mol. The maximum atomic E-state index is 12.4. The molecule has 0 aromatic heterocycles. The quantitative estimate of drug-likeness (QED) is 0.439. The first-order chi connectivity index (χ1) is 14.3. The first kappa shape index (κ1) is 23.4. The highest BCUT2D eigenvalue weighted by atomic mass is 32.2. The molecule has 0 unspecified atom stereocenters. The van der Waals surface area contributed by atoms with Gasteiger partial charge in [-0.15, -0.1) is 0 Å². The normalized spacial score (nSPS) is 12.1. The number of methoxy groups -OCH3 is 1. The summed E-state index contributed by atoms with van der Waals surface area (Å²) in [5.41, 5.74) is 0.804. The summed E-state index contributed by atoms with van der Waals surface area (Å²) >= 11 is 0. The molecule has 0 spiro atoms. The number of hydrogen-bond acceptors (Lipinski definition) is 6. The van der Waals surface area contributed by atoms with Gasteiger partial charge in [0, 0.05) is 5.69 Å². The summed E-state index contributed by atoms with van der Waals surface area (Å²) in [6.45, 7) is 3.80. The number of ether oxygens (including phenoxy) is 2. The molecule has 2 N–H and O–H groups in total. The summed E-state index contributed by atoms with van der Waals surface area (Å²) in [6, 6.07) is 11.0. The molecule has 0 aliphatic heterocycles. The lowest BCUT2D eigenvalue weighted by atomic mass is 10.2. The average molecular weight is 435 g/mol. The predicted molar refractivity (Wildman–Crippen MR) is 113 cm³/mol. The summed E-state index contributed by atoms with van der Waals surface area (Å²) in [6.07, 6.45) is 1.73. The van der Waals surface area contributed by atoms with Crippen molar-refractivity contribution in [1.29, 1.82) is 0 Å². The molecule has 0 saturated heterocycles. The first-order valence-corrected chi connectivity index (χ1v) is 11.0. The first-order valence-electron chi connectivity index (χ1n) is 9.51. The third kappa shape index (κ3) is 6.57. The third-order valence-electron chi connectivity index (χ3n) is 4.21. The number of benzene rings is 2. The minimum atomic E-state index is -3.88. The van der Waals surface area contributed by atoms with E-state index < -0.39 is 27.9 Å². The number of esters is 1. The van der Waals surface area contributed by atoms with Crippen molar-refractivity contribution >= 4 is 27.6 Å². The fourth-order valence-electron chi connectivity index (χ4n) is 2.44. The van der Waals surface area contributed by atoms with Crippen LogP contribution in [0.5, 0.6) is 5.75 Å². The van der Waals surface area contributed by atoms with Crippen LogP contribution in [0.2, 0.25) is 0 Å². The maximum absolute atomic E-state index is 12.4. The molecule has 2 rings (SSSR count). The van der Waals surface area contributed by atoms with E-state index in [9.17, 15) is 18.0 Å². The molecule has 30 heavy (non-hydrogen) atoms. The van der Waals surface area contributed by atoms with Crippen molar-refractivity contribution in [2.24, 2.45) is 0 Å². The van der Waals surface area contributed by atoms with E-state index in [2.05, 4.69) is 10.0 Å². The van der Waals surface area contributed by atoms with Crippen LogP contribution in [-0.2, 0) is 19.6 Å². The smallest absolute Gasteiger partial charge is 0.338 e. The van der Waals surface area contributed by atoms with Gasteiger partial charge in [-0.25, -0.2) is 13.2 Å². The molecule has 1 atom stereocenters. The summed E-state index contributed by atoms with van der Waals surface area (Å²) in [5, 5.41) is 2.61. The van der Waals surface area contributed by atoms with E-state index in [-0.39, 0.29) is 4.90 Å². The fraction of sp³-hybridized carbons (Fsp3) is 0.333. The van der Waals surface area contributed by atoms with Crippen LogP contribution in [0.3, 0.4) is 0 Å². The highest BCUT2D eigenvalue weighted by Crippen LogP contribution is 2.16. The number of anilines is 1. The summed E-state index contributed by atoms with van der Waals surface area (Å²) in [5.74, 6) is -0.440. The van der Waals surface area contributed by atoms with Gasteiger partial charge in [0.15, 0.2) is 0 Å². The van der Waals surface area contributed by atoms with Gasteiger partial charge in [0.1, 0.15) is 5.75 Å². The van der Waals surface area contributed by atoms with Crippen LogP contribution < -0.4 is 14.8 Å². The Hall–Kier alpha value is -2.91. The molecule has 0 fully saturated rings. The molecule has 0 bridgehead atoms. The second kappa shape index (κ2) is 10.7. The number of rotatable bonds is 10. The average Bonchev–Trinajstić information content (AvgIpc) is 2.74. The van der Waals surface area contributed by atoms with Gasteiger partial charge in [-0.05, 0) is 61.9 Å². The van der Waals surface area contributed by atoms with Crippen molar-refractivity contribution in [2.45, 2.75) is 37.6 Å². The van der Waals surface area contributed by atoms with Crippen LogP contribution in [0, 0.1) is 0 Å². The van der Waals surface area contributed by atoms with Gasteiger partial charge in [-0.2, -0.15) is 4.72 Å². The molecule has 9 heteroatoms. The number of unbranched alkanes of at least 4 members (excludes halogenated alkanes) is 1. The third-order valence-corrected chi connectivity index (χ3v) is 5.77. The molecule has 8 nitrogen and oxygen atoms in total. The Balaban J connectivity index is 1.95. The van der Waals surface area contributed by atoms with Crippen LogP contribution >= 0.6 is 0 Å². The Kier molecular flexibility index (Phi) is 8.37. The molecule has 1 amide bonds. The van der Waals surface area contributed by atoms with Crippen LogP contribution in [0.15, 0.2) is 53.4 Å². The fourth-order valence-corrected chi connectivity index (χ4v) is 3.64. The van der Waals surface area contributed by atoms with E-state index in [1.807, 2.05) is 6.92 Å². The Morgan fingerprint density at radius 2 is 1.67 bits per heavy atom. The lowest BCUT2D eigenvalue weighted by molar-refractivity contribution is -0.117. The Morgan fingerprint density at radius 3 is 2.23 bits per heavy atom. The van der Waals surface area contributed by atoms with E-state index in [1.165, 1.54) is 50.4 Å². The zero-order valence-corrected chi connectivity index (χ0v) is 18.0. The van der Waals surface area contributed by atoms with Crippen molar-refractivity contribution in [3.8, 4) is 5.75 Å². The Morgan fingerprint density at radius 1 is 1.03 bits per heavy atom. The minimum Gasteiger partial charge on any atom is -0.497 e. The second-order valence-electron chi connectivity index (χ2n) is 6.57. The van der Waals surface area contributed by atoms with Gasteiger partial charge in [0.2, 0.25) is 15.9 Å². The number of amides is 1. The standard InChI is InChI=1S/C21H26N2O6S/c1-4-5-14-29-21(25)16-6-8-17(9-7-16)22-20(24)15(2)23-30(26,27)19-12-10-18(28-3)11-13-19/h6-13,15,23H,4-5,14H2,1-3H3,(H,22,24)/t15-/m0/s1. The molecule has 0 radical (unpaired) electrons. The number of hydrogen-bond donors (Lipinski definition) is 2. The molecule has 162 valence electrons. The second-order valence-corrected chi connectivity index (χ2v) is 8.29. The number of nitrogens with one attached hydrogen (secondary N) is 2. The number of sulfonamides is 1. The predicted octanol–water partition coefficient (Wildman–Crippen LogP) is 2.96. The van der Waals surface area contributed by atoms with Gasteiger partial charge in [-0.3, -0.25) is 4.79 Å². The molecule has 2 aromatic carbocycles. The van der Waals surface area contributed by atoms with Crippen molar-refractivity contribution in [3.05, 3.63) is 54.1 Å². The van der Waals surface area contributed by atoms with E-state index in [1.54, 1.807) is 12.1 Å². The molecule has 0 aliphatic rings. The van der Waals surface area contributed by atoms with E-state index >= 15 is 0 Å². The SMILES string of the molecule is CCCCOC(=O)c1ccc(NC(=O)[C@H](C)NS(=O)(=O)c2ccc(OC)cc2)cc1. The van der Waals surface area contributed by atoms with Crippen molar-refractivity contribution in [3.63, 3.8) is 0 Å². The molecule has 0 saturated carbocycles. The molecule has 2 aromatic rings. The van der Waals surface area contributed by atoms with Crippen molar-refractivity contribution < 1.29 is 27.5 Å².